The van der Waals surface area contributed by atoms with Crippen LogP contribution in [0.25, 0.3) is 5.69 Å². The third-order valence-electron chi connectivity index (χ3n) is 4.84. The summed E-state index contributed by atoms with van der Waals surface area (Å²) in [5.41, 5.74) is 3.44. The molecule has 3 aromatic heterocycles. The highest BCUT2D eigenvalue weighted by atomic mass is 32.1. The Morgan fingerprint density at radius 3 is 2.56 bits per heavy atom. The van der Waals surface area contributed by atoms with E-state index in [9.17, 15) is 9.90 Å². The molecule has 0 aliphatic heterocycles. The van der Waals surface area contributed by atoms with Crippen molar-refractivity contribution in [1.29, 1.82) is 0 Å². The molecule has 1 aromatic carbocycles. The van der Waals surface area contributed by atoms with E-state index >= 15 is 0 Å². The van der Waals surface area contributed by atoms with Gasteiger partial charge in [-0.25, -0.2) is 4.98 Å². The first kappa shape index (κ1) is 21.9. The van der Waals surface area contributed by atoms with Crippen molar-refractivity contribution in [3.8, 4) is 5.69 Å². The first-order valence-electron chi connectivity index (χ1n) is 10.1. The lowest BCUT2D eigenvalue weighted by atomic mass is 10.0. The molecule has 0 saturated carbocycles. The summed E-state index contributed by atoms with van der Waals surface area (Å²) in [6.45, 7) is 5.87. The number of carbonyl (C=O) groups excluding carboxylic acids is 1. The number of nitrogens with zero attached hydrogens (tertiary/aromatic N) is 4. The van der Waals surface area contributed by atoms with Gasteiger partial charge in [0.05, 0.1) is 30.6 Å². The number of rotatable bonds is 7. The molecule has 9 heteroatoms. The molecular formula is C23H25N5O3S. The van der Waals surface area contributed by atoms with Gasteiger partial charge in [0.2, 0.25) is 0 Å². The minimum absolute atomic E-state index is 0.260. The van der Waals surface area contributed by atoms with E-state index in [0.717, 1.165) is 5.69 Å². The molecule has 3 heterocycles. The molecule has 0 radical (unpaired) electrons. The van der Waals surface area contributed by atoms with Crippen molar-refractivity contribution in [2.45, 2.75) is 38.6 Å². The molecule has 1 amide bonds. The van der Waals surface area contributed by atoms with Gasteiger partial charge in [-0.3, -0.25) is 20.0 Å². The van der Waals surface area contributed by atoms with Gasteiger partial charge in [0.1, 0.15) is 17.1 Å². The Balaban J connectivity index is 1.79. The van der Waals surface area contributed by atoms with Crippen LogP contribution in [0.2, 0.25) is 0 Å². The molecule has 4 rings (SSSR count). The van der Waals surface area contributed by atoms with Crippen LogP contribution >= 0.6 is 11.3 Å². The zero-order valence-corrected chi connectivity index (χ0v) is 18.9. The quantitative estimate of drug-likeness (QED) is 0.412. The van der Waals surface area contributed by atoms with Crippen LogP contribution in [0.1, 0.15) is 42.0 Å². The van der Waals surface area contributed by atoms with Crippen LogP contribution in [0.15, 0.2) is 77.7 Å². The van der Waals surface area contributed by atoms with Gasteiger partial charge in [-0.1, -0.05) is 0 Å². The topological polar surface area (TPSA) is 96.4 Å². The van der Waals surface area contributed by atoms with E-state index in [2.05, 4.69) is 15.3 Å². The summed E-state index contributed by atoms with van der Waals surface area (Å²) in [6, 6.07) is 8.53. The van der Waals surface area contributed by atoms with Crippen LogP contribution in [-0.4, -0.2) is 37.3 Å². The van der Waals surface area contributed by atoms with Crippen LogP contribution < -0.4 is 10.2 Å². The number of aliphatic hydroxyl groups is 1. The number of amides is 1. The number of aliphatic hydroxyl groups excluding tert-OH is 1. The number of anilines is 1. The zero-order valence-electron chi connectivity index (χ0n) is 18.0. The number of nitrogens with one attached hydrogen (secondary N) is 1. The lowest BCUT2D eigenvalue weighted by molar-refractivity contribution is 0.0693. The molecule has 2 atom stereocenters. The fourth-order valence-electron chi connectivity index (χ4n) is 3.48. The Bertz CT molecular complexity index is 1120. The summed E-state index contributed by atoms with van der Waals surface area (Å²) >= 11 is 1.25. The predicted molar refractivity (Wildman–Crippen MR) is 123 cm³/mol. The summed E-state index contributed by atoms with van der Waals surface area (Å²) in [4.78, 5) is 23.8. The average molecular weight is 452 g/mol. The van der Waals surface area contributed by atoms with Crippen molar-refractivity contribution < 1.29 is 14.3 Å². The molecule has 0 aliphatic rings. The van der Waals surface area contributed by atoms with Crippen molar-refractivity contribution in [1.82, 2.24) is 19.9 Å². The molecule has 32 heavy (non-hydrogen) atoms. The highest BCUT2D eigenvalue weighted by molar-refractivity contribution is 7.11. The maximum Gasteiger partial charge on any atom is 0.270 e. The van der Waals surface area contributed by atoms with Crippen molar-refractivity contribution >= 4 is 22.9 Å². The van der Waals surface area contributed by atoms with Crippen LogP contribution in [-0.2, 0) is 0 Å². The van der Waals surface area contributed by atoms with Gasteiger partial charge in [-0.2, -0.15) is 0 Å². The van der Waals surface area contributed by atoms with Gasteiger partial charge in [0.15, 0.2) is 0 Å². The van der Waals surface area contributed by atoms with Gasteiger partial charge in [-0.05, 0) is 51.1 Å². The summed E-state index contributed by atoms with van der Waals surface area (Å²) < 4.78 is 7.18. The summed E-state index contributed by atoms with van der Waals surface area (Å²) in [5.74, 6) is -0.260. The standard InChI is InChI=1S/C23H25N5O3S/c1-23(2,3)26-21(29)20(16-8-11-31-13-16)28(22(30)19-12-25-15-32-19)18-6-4-17(5-7-18)27-10-9-24-14-27/h4-15,20-21,26,29H,1-3H3. The molecule has 8 nitrogen and oxygen atoms in total. The number of furan rings is 1. The SMILES string of the molecule is CC(C)(C)NC(O)C(c1ccoc1)N(C(=O)c1cncs1)c1ccc(-n2ccnc2)cc1. The maximum absolute atomic E-state index is 13.6. The van der Waals surface area contributed by atoms with Gasteiger partial charge in [0, 0.05) is 34.9 Å². The molecule has 2 N–H and O–H groups in total. The zero-order chi connectivity index (χ0) is 22.7. The summed E-state index contributed by atoms with van der Waals surface area (Å²) in [6.07, 6.45) is 8.82. The van der Waals surface area contributed by atoms with E-state index in [1.54, 1.807) is 35.3 Å². The first-order valence-corrected chi connectivity index (χ1v) is 11.0. The number of thiazole rings is 1. The van der Waals surface area contributed by atoms with E-state index in [1.807, 2.05) is 55.8 Å². The summed E-state index contributed by atoms with van der Waals surface area (Å²) in [5, 5.41) is 14.4. The third-order valence-corrected chi connectivity index (χ3v) is 5.60. The number of carbonyl (C=O) groups is 1. The second-order valence-corrected chi connectivity index (χ2v) is 9.25. The van der Waals surface area contributed by atoms with E-state index in [4.69, 9.17) is 4.42 Å². The molecular weight excluding hydrogens is 426 g/mol. The minimum atomic E-state index is -1.06. The monoisotopic (exact) mass is 451 g/mol. The largest absolute Gasteiger partial charge is 0.472 e. The van der Waals surface area contributed by atoms with Crippen LogP contribution in [0.4, 0.5) is 5.69 Å². The second kappa shape index (κ2) is 9.07. The molecule has 166 valence electrons. The molecule has 0 saturated heterocycles. The Hall–Kier alpha value is -3.27. The van der Waals surface area contributed by atoms with Crippen molar-refractivity contribution in [2.75, 3.05) is 4.90 Å². The Morgan fingerprint density at radius 2 is 2.00 bits per heavy atom. The average Bonchev–Trinajstić information content (AvgIpc) is 3.53. The van der Waals surface area contributed by atoms with E-state index < -0.39 is 12.3 Å². The van der Waals surface area contributed by atoms with Gasteiger partial charge >= 0.3 is 0 Å². The van der Waals surface area contributed by atoms with Crippen molar-refractivity contribution in [3.05, 3.63) is 83.7 Å². The highest BCUT2D eigenvalue weighted by Crippen LogP contribution is 2.33. The highest BCUT2D eigenvalue weighted by Gasteiger charge is 2.36. The molecule has 0 bridgehead atoms. The van der Waals surface area contributed by atoms with Crippen LogP contribution in [0.3, 0.4) is 0 Å². The number of imidazole rings is 1. The van der Waals surface area contributed by atoms with Gasteiger partial charge in [-0.15, -0.1) is 11.3 Å². The lowest BCUT2D eigenvalue weighted by Gasteiger charge is -2.37. The first-order chi connectivity index (χ1) is 15.3. The van der Waals surface area contributed by atoms with Crippen LogP contribution in [0.5, 0.6) is 0 Å². The fourth-order valence-corrected chi connectivity index (χ4v) is 4.04. The molecule has 2 unspecified atom stereocenters. The Kier molecular flexibility index (Phi) is 6.22. The molecule has 0 fully saturated rings. The molecule has 4 aromatic rings. The molecule has 0 spiro atoms. The second-order valence-electron chi connectivity index (χ2n) is 8.37. The maximum atomic E-state index is 13.6. The number of aromatic nitrogens is 3. The summed E-state index contributed by atoms with van der Waals surface area (Å²) in [7, 11) is 0. The number of hydrogen-bond donors (Lipinski definition) is 2. The van der Waals surface area contributed by atoms with E-state index in [1.165, 1.54) is 23.8 Å². The predicted octanol–water partition coefficient (Wildman–Crippen LogP) is 4.02. The Labute approximate surface area is 190 Å². The van der Waals surface area contributed by atoms with Gasteiger partial charge < -0.3 is 14.1 Å². The van der Waals surface area contributed by atoms with Crippen molar-refractivity contribution in [2.24, 2.45) is 0 Å². The molecule has 0 aliphatic carbocycles. The van der Waals surface area contributed by atoms with Gasteiger partial charge in [0.25, 0.3) is 5.91 Å². The Morgan fingerprint density at radius 1 is 1.22 bits per heavy atom. The third kappa shape index (κ3) is 4.80. The lowest BCUT2D eigenvalue weighted by Crippen LogP contribution is -2.52. The smallest absolute Gasteiger partial charge is 0.270 e. The number of benzene rings is 1. The fraction of sp³-hybridized carbons (Fsp3) is 0.261. The van der Waals surface area contributed by atoms with E-state index in [-0.39, 0.29) is 11.4 Å². The normalized spacial score (nSPS) is 13.6. The van der Waals surface area contributed by atoms with E-state index in [0.29, 0.717) is 16.1 Å². The van der Waals surface area contributed by atoms with Crippen molar-refractivity contribution in [3.63, 3.8) is 0 Å². The number of hydrogen-bond acceptors (Lipinski definition) is 7. The minimum Gasteiger partial charge on any atom is -0.472 e. The van der Waals surface area contributed by atoms with Crippen LogP contribution in [0, 0.1) is 0 Å².